The van der Waals surface area contributed by atoms with Gasteiger partial charge in [-0.15, -0.1) is 0 Å². The molecular formula is C16H23FN2O2. The van der Waals surface area contributed by atoms with Gasteiger partial charge in [0.1, 0.15) is 5.82 Å². The zero-order valence-electron chi connectivity index (χ0n) is 12.9. The molecule has 1 aromatic rings. The summed E-state index contributed by atoms with van der Waals surface area (Å²) in [6.07, 6.45) is -0.0334. The first-order chi connectivity index (χ1) is 9.95. The van der Waals surface area contributed by atoms with E-state index in [4.69, 9.17) is 4.74 Å². The topological polar surface area (TPSA) is 32.8 Å². The van der Waals surface area contributed by atoms with Crippen LogP contribution in [0.5, 0.6) is 0 Å². The van der Waals surface area contributed by atoms with Crippen LogP contribution in [0.15, 0.2) is 24.3 Å². The van der Waals surface area contributed by atoms with Crippen molar-refractivity contribution in [3.63, 3.8) is 0 Å². The van der Waals surface area contributed by atoms with Gasteiger partial charge in [-0.1, -0.05) is 12.1 Å². The van der Waals surface area contributed by atoms with Gasteiger partial charge in [0.15, 0.2) is 0 Å². The Labute approximate surface area is 125 Å². The number of rotatable bonds is 4. The summed E-state index contributed by atoms with van der Waals surface area (Å²) >= 11 is 0. The molecule has 21 heavy (non-hydrogen) atoms. The van der Waals surface area contributed by atoms with Gasteiger partial charge in [-0.25, -0.2) is 4.39 Å². The molecule has 0 radical (unpaired) electrons. The Morgan fingerprint density at radius 2 is 1.95 bits per heavy atom. The SMILES string of the molecule is CC(C)N1CC(OCc2ccc(F)cc2)CN(C)CC1=O. The Kier molecular flexibility index (Phi) is 5.31. The van der Waals surface area contributed by atoms with Crippen LogP contribution >= 0.6 is 0 Å². The summed E-state index contributed by atoms with van der Waals surface area (Å²) in [5, 5.41) is 0. The first-order valence-corrected chi connectivity index (χ1v) is 7.29. The lowest BCUT2D eigenvalue weighted by atomic mass is 10.2. The molecule has 1 heterocycles. The number of ether oxygens (including phenoxy) is 1. The van der Waals surface area contributed by atoms with E-state index in [-0.39, 0.29) is 23.9 Å². The van der Waals surface area contributed by atoms with Crippen molar-refractivity contribution >= 4 is 5.91 Å². The average Bonchev–Trinajstić information content (AvgIpc) is 2.56. The van der Waals surface area contributed by atoms with Crippen molar-refractivity contribution in [3.05, 3.63) is 35.6 Å². The normalized spacial score (nSPS) is 20.9. The van der Waals surface area contributed by atoms with Gasteiger partial charge in [0.05, 0.1) is 19.3 Å². The fourth-order valence-electron chi connectivity index (χ4n) is 2.51. The van der Waals surface area contributed by atoms with Gasteiger partial charge in [0.2, 0.25) is 5.91 Å². The molecule has 0 saturated carbocycles. The van der Waals surface area contributed by atoms with Crippen LogP contribution in [0.1, 0.15) is 19.4 Å². The highest BCUT2D eigenvalue weighted by Gasteiger charge is 2.28. The van der Waals surface area contributed by atoms with Crippen LogP contribution in [0.2, 0.25) is 0 Å². The van der Waals surface area contributed by atoms with Crippen LogP contribution in [0.3, 0.4) is 0 Å². The fraction of sp³-hybridized carbons (Fsp3) is 0.562. The van der Waals surface area contributed by atoms with E-state index in [1.54, 1.807) is 12.1 Å². The van der Waals surface area contributed by atoms with Gasteiger partial charge in [0, 0.05) is 19.1 Å². The highest BCUT2D eigenvalue weighted by Crippen LogP contribution is 2.12. The third-order valence-corrected chi connectivity index (χ3v) is 3.66. The first kappa shape index (κ1) is 15.9. The Hall–Kier alpha value is -1.46. The molecule has 0 aliphatic carbocycles. The minimum absolute atomic E-state index is 0.0334. The standard InChI is InChI=1S/C16H23FN2O2/c1-12(2)19-9-15(8-18(3)10-16(19)20)21-11-13-4-6-14(17)7-5-13/h4-7,12,15H,8-11H2,1-3H3. The van der Waals surface area contributed by atoms with Gasteiger partial charge < -0.3 is 9.64 Å². The molecule has 0 aromatic heterocycles. The van der Waals surface area contributed by atoms with E-state index in [1.807, 2.05) is 30.7 Å². The number of hydrogen-bond acceptors (Lipinski definition) is 3. The molecule has 0 N–H and O–H groups in total. The maximum atomic E-state index is 12.9. The van der Waals surface area contributed by atoms with Crippen LogP contribution in [0.4, 0.5) is 4.39 Å². The molecule has 116 valence electrons. The van der Waals surface area contributed by atoms with E-state index in [2.05, 4.69) is 0 Å². The summed E-state index contributed by atoms with van der Waals surface area (Å²) in [6, 6.07) is 6.48. The van der Waals surface area contributed by atoms with Gasteiger partial charge in [0.25, 0.3) is 0 Å². The average molecular weight is 294 g/mol. The lowest BCUT2D eigenvalue weighted by Crippen LogP contribution is -2.42. The van der Waals surface area contributed by atoms with Crippen LogP contribution in [0.25, 0.3) is 0 Å². The maximum Gasteiger partial charge on any atom is 0.237 e. The maximum absolute atomic E-state index is 12.9. The second kappa shape index (κ2) is 7.00. The lowest BCUT2D eigenvalue weighted by molar-refractivity contribution is -0.133. The number of likely N-dealkylation sites (N-methyl/N-ethyl adjacent to an activating group) is 1. The van der Waals surface area contributed by atoms with Crippen molar-refractivity contribution in [2.45, 2.75) is 32.6 Å². The number of carbonyl (C=O) groups is 1. The fourth-order valence-corrected chi connectivity index (χ4v) is 2.51. The largest absolute Gasteiger partial charge is 0.370 e. The van der Waals surface area contributed by atoms with Gasteiger partial charge in [-0.3, -0.25) is 9.69 Å². The zero-order valence-corrected chi connectivity index (χ0v) is 12.9. The molecule has 4 nitrogen and oxygen atoms in total. The number of halogens is 1. The van der Waals surface area contributed by atoms with E-state index >= 15 is 0 Å². The molecule has 1 aromatic carbocycles. The minimum atomic E-state index is -0.246. The smallest absolute Gasteiger partial charge is 0.237 e. The number of hydrogen-bond donors (Lipinski definition) is 0. The molecule has 1 aliphatic rings. The predicted molar refractivity (Wildman–Crippen MR) is 79.3 cm³/mol. The van der Waals surface area contributed by atoms with Crippen LogP contribution in [-0.4, -0.2) is 54.5 Å². The molecule has 1 amide bonds. The van der Waals surface area contributed by atoms with Gasteiger partial charge in [-0.05, 0) is 38.6 Å². The second-order valence-corrected chi connectivity index (χ2v) is 5.90. The summed E-state index contributed by atoms with van der Waals surface area (Å²) in [4.78, 5) is 16.0. The van der Waals surface area contributed by atoms with E-state index in [1.165, 1.54) is 12.1 Å². The molecule has 5 heteroatoms. The second-order valence-electron chi connectivity index (χ2n) is 5.90. The quantitative estimate of drug-likeness (QED) is 0.850. The van der Waals surface area contributed by atoms with Crippen molar-refractivity contribution in [1.29, 1.82) is 0 Å². The van der Waals surface area contributed by atoms with Crippen molar-refractivity contribution < 1.29 is 13.9 Å². The van der Waals surface area contributed by atoms with Crippen LogP contribution in [0, 0.1) is 5.82 Å². The van der Waals surface area contributed by atoms with Crippen LogP contribution < -0.4 is 0 Å². The third-order valence-electron chi connectivity index (χ3n) is 3.66. The summed E-state index contributed by atoms with van der Waals surface area (Å²) in [6.45, 7) is 6.20. The lowest BCUT2D eigenvalue weighted by Gasteiger charge is -2.27. The minimum Gasteiger partial charge on any atom is -0.370 e. The Bertz CT molecular complexity index is 476. The summed E-state index contributed by atoms with van der Waals surface area (Å²) in [5.41, 5.74) is 0.936. The number of nitrogens with zero attached hydrogens (tertiary/aromatic N) is 2. The Balaban J connectivity index is 1.97. The molecule has 1 fully saturated rings. The van der Waals surface area contributed by atoms with Crippen molar-refractivity contribution in [1.82, 2.24) is 9.80 Å². The molecule has 2 rings (SSSR count). The number of carbonyl (C=O) groups excluding carboxylic acids is 1. The highest BCUT2D eigenvalue weighted by molar-refractivity contribution is 5.78. The number of amides is 1. The van der Waals surface area contributed by atoms with Crippen molar-refractivity contribution in [2.24, 2.45) is 0 Å². The van der Waals surface area contributed by atoms with Crippen molar-refractivity contribution in [3.8, 4) is 0 Å². The zero-order chi connectivity index (χ0) is 15.4. The highest BCUT2D eigenvalue weighted by atomic mass is 19.1. The van der Waals surface area contributed by atoms with Crippen molar-refractivity contribution in [2.75, 3.05) is 26.7 Å². The van der Waals surface area contributed by atoms with E-state index in [0.717, 1.165) is 12.1 Å². The summed E-state index contributed by atoms with van der Waals surface area (Å²) < 4.78 is 18.8. The van der Waals surface area contributed by atoms with E-state index in [0.29, 0.717) is 19.7 Å². The molecule has 1 unspecified atom stereocenters. The molecular weight excluding hydrogens is 271 g/mol. The van der Waals surface area contributed by atoms with E-state index < -0.39 is 0 Å². The summed E-state index contributed by atoms with van der Waals surface area (Å²) in [7, 11) is 1.93. The third kappa shape index (κ3) is 4.51. The van der Waals surface area contributed by atoms with Gasteiger partial charge >= 0.3 is 0 Å². The molecule has 1 atom stereocenters. The molecule has 1 aliphatic heterocycles. The molecule has 0 spiro atoms. The monoisotopic (exact) mass is 294 g/mol. The van der Waals surface area contributed by atoms with Crippen LogP contribution in [-0.2, 0) is 16.1 Å². The Morgan fingerprint density at radius 1 is 1.29 bits per heavy atom. The Morgan fingerprint density at radius 3 is 2.57 bits per heavy atom. The first-order valence-electron chi connectivity index (χ1n) is 7.29. The molecule has 0 bridgehead atoms. The predicted octanol–water partition coefficient (Wildman–Crippen LogP) is 1.89. The molecule has 1 saturated heterocycles. The van der Waals surface area contributed by atoms with Gasteiger partial charge in [-0.2, -0.15) is 0 Å². The number of benzene rings is 1. The van der Waals surface area contributed by atoms with E-state index in [9.17, 15) is 9.18 Å². The summed E-state index contributed by atoms with van der Waals surface area (Å²) in [5.74, 6) is -0.107.